The Bertz CT molecular complexity index is 950. The highest BCUT2D eigenvalue weighted by atomic mass is 32.2. The van der Waals surface area contributed by atoms with E-state index in [0.29, 0.717) is 4.21 Å². The quantitative estimate of drug-likeness (QED) is 0.640. The average Bonchev–Trinajstić information content (AvgIpc) is 3.44. The van der Waals surface area contributed by atoms with Gasteiger partial charge in [-0.3, -0.25) is 4.90 Å². The molecule has 0 amide bonds. The largest absolute Gasteiger partial charge is 0.468 e. The summed E-state index contributed by atoms with van der Waals surface area (Å²) >= 11 is 1.22. The molecule has 4 rings (SSSR count). The molecule has 0 aliphatic carbocycles. The molecule has 1 aliphatic rings. The van der Waals surface area contributed by atoms with Crippen LogP contribution >= 0.6 is 11.3 Å². The minimum absolute atomic E-state index is 0.136. The van der Waals surface area contributed by atoms with E-state index < -0.39 is 10.0 Å². The number of hydrogen-bond acceptors (Lipinski definition) is 6. The van der Waals surface area contributed by atoms with Gasteiger partial charge in [-0.1, -0.05) is 24.3 Å². The summed E-state index contributed by atoms with van der Waals surface area (Å²) in [4.78, 5) is 4.64. The molecule has 1 aliphatic heterocycles. The highest BCUT2D eigenvalue weighted by Gasteiger charge is 2.28. The molecule has 1 atom stereocenters. The van der Waals surface area contributed by atoms with Crippen molar-refractivity contribution in [3.63, 3.8) is 0 Å². The molecule has 0 spiro atoms. The molecule has 1 aromatic carbocycles. The molecule has 0 bridgehead atoms. The van der Waals surface area contributed by atoms with Gasteiger partial charge in [0.2, 0.25) is 10.0 Å². The predicted molar refractivity (Wildman–Crippen MR) is 111 cm³/mol. The van der Waals surface area contributed by atoms with Crippen LogP contribution in [0.15, 0.2) is 74.9 Å². The van der Waals surface area contributed by atoms with E-state index >= 15 is 0 Å². The average molecular weight is 418 g/mol. The third-order valence-corrected chi connectivity index (χ3v) is 7.80. The Morgan fingerprint density at radius 2 is 1.79 bits per heavy atom. The highest BCUT2D eigenvalue weighted by molar-refractivity contribution is 7.91. The van der Waals surface area contributed by atoms with E-state index in [4.69, 9.17) is 4.42 Å². The van der Waals surface area contributed by atoms with Crippen molar-refractivity contribution in [1.29, 1.82) is 0 Å². The maximum absolute atomic E-state index is 12.5. The third kappa shape index (κ3) is 4.30. The lowest BCUT2D eigenvalue weighted by molar-refractivity contribution is 0.166. The van der Waals surface area contributed by atoms with Crippen molar-refractivity contribution in [1.82, 2.24) is 9.62 Å². The second kappa shape index (κ2) is 8.48. The summed E-state index contributed by atoms with van der Waals surface area (Å²) in [5.41, 5.74) is 1.22. The van der Waals surface area contributed by atoms with E-state index in [-0.39, 0.29) is 12.6 Å². The Morgan fingerprint density at radius 1 is 1.00 bits per heavy atom. The van der Waals surface area contributed by atoms with Gasteiger partial charge >= 0.3 is 0 Å². The number of anilines is 1. The molecule has 8 heteroatoms. The molecule has 1 fully saturated rings. The standard InChI is InChI=1S/C20H23N3O3S2/c24-28(25,20-9-5-15-27-20)21-16-18(19-8-4-14-26-19)23-12-10-22(11-13-23)17-6-2-1-3-7-17/h1-9,14-15,18,21H,10-13,16H2. The van der Waals surface area contributed by atoms with Crippen LogP contribution in [0, 0.1) is 0 Å². The maximum atomic E-state index is 12.5. The van der Waals surface area contributed by atoms with Crippen LogP contribution in [0.25, 0.3) is 0 Å². The first-order valence-corrected chi connectivity index (χ1v) is 11.6. The number of benzene rings is 1. The SMILES string of the molecule is O=S(=O)(NCC(c1ccco1)N1CCN(c2ccccc2)CC1)c1cccs1. The monoisotopic (exact) mass is 417 g/mol. The zero-order chi connectivity index (χ0) is 19.4. The number of rotatable bonds is 7. The molecule has 28 heavy (non-hydrogen) atoms. The van der Waals surface area contributed by atoms with Crippen molar-refractivity contribution in [3.05, 3.63) is 72.0 Å². The minimum Gasteiger partial charge on any atom is -0.468 e. The fourth-order valence-electron chi connectivity index (χ4n) is 3.50. The predicted octanol–water partition coefficient (Wildman–Crippen LogP) is 3.18. The molecule has 148 valence electrons. The van der Waals surface area contributed by atoms with Crippen molar-refractivity contribution in [2.45, 2.75) is 10.3 Å². The highest BCUT2D eigenvalue weighted by Crippen LogP contribution is 2.25. The van der Waals surface area contributed by atoms with E-state index in [0.717, 1.165) is 31.9 Å². The number of para-hydroxylation sites is 1. The van der Waals surface area contributed by atoms with Crippen LogP contribution in [-0.4, -0.2) is 46.0 Å². The van der Waals surface area contributed by atoms with Crippen molar-refractivity contribution >= 4 is 27.0 Å². The van der Waals surface area contributed by atoms with Crippen LogP contribution in [0.1, 0.15) is 11.8 Å². The number of furan rings is 1. The molecule has 1 saturated heterocycles. The van der Waals surface area contributed by atoms with Crippen LogP contribution in [0.3, 0.4) is 0 Å². The summed E-state index contributed by atoms with van der Waals surface area (Å²) in [7, 11) is -3.51. The van der Waals surface area contributed by atoms with Crippen molar-refractivity contribution in [3.8, 4) is 0 Å². The summed E-state index contributed by atoms with van der Waals surface area (Å²) in [5.74, 6) is 0.780. The first-order valence-electron chi connectivity index (χ1n) is 9.24. The Balaban J connectivity index is 1.44. The van der Waals surface area contributed by atoms with Crippen LogP contribution in [0.2, 0.25) is 0 Å². The van der Waals surface area contributed by atoms with E-state index in [1.54, 1.807) is 23.8 Å². The third-order valence-electron chi connectivity index (χ3n) is 4.97. The van der Waals surface area contributed by atoms with Gasteiger partial charge in [0.05, 0.1) is 12.3 Å². The van der Waals surface area contributed by atoms with Gasteiger partial charge in [0.25, 0.3) is 0 Å². The zero-order valence-corrected chi connectivity index (χ0v) is 17.0. The molecule has 1 N–H and O–H groups in total. The van der Waals surface area contributed by atoms with Crippen LogP contribution in [0.4, 0.5) is 5.69 Å². The summed E-state index contributed by atoms with van der Waals surface area (Å²) in [5, 5.41) is 1.77. The van der Waals surface area contributed by atoms with Gasteiger partial charge in [0.1, 0.15) is 9.97 Å². The lowest BCUT2D eigenvalue weighted by Crippen LogP contribution is -2.49. The second-order valence-corrected chi connectivity index (χ2v) is 9.62. The Hall–Kier alpha value is -2.13. The maximum Gasteiger partial charge on any atom is 0.250 e. The van der Waals surface area contributed by atoms with Gasteiger partial charge in [0, 0.05) is 38.4 Å². The van der Waals surface area contributed by atoms with Gasteiger partial charge in [-0.15, -0.1) is 11.3 Å². The topological polar surface area (TPSA) is 65.8 Å². The molecule has 3 heterocycles. The van der Waals surface area contributed by atoms with Gasteiger partial charge in [-0.2, -0.15) is 0 Å². The number of nitrogens with zero attached hydrogens (tertiary/aromatic N) is 2. The summed E-state index contributed by atoms with van der Waals surface area (Å²) < 4.78 is 33.8. The number of nitrogens with one attached hydrogen (secondary N) is 1. The van der Waals surface area contributed by atoms with E-state index in [2.05, 4.69) is 26.7 Å². The number of hydrogen-bond donors (Lipinski definition) is 1. The molecule has 0 saturated carbocycles. The molecular formula is C20H23N3O3S2. The fraction of sp³-hybridized carbons (Fsp3) is 0.300. The molecule has 2 aromatic heterocycles. The summed E-state index contributed by atoms with van der Waals surface area (Å²) in [6, 6.07) is 17.3. The Kier molecular flexibility index (Phi) is 5.82. The minimum atomic E-state index is -3.51. The normalized spacial score (nSPS) is 16.9. The van der Waals surface area contributed by atoms with E-state index in [1.807, 2.05) is 30.3 Å². The van der Waals surface area contributed by atoms with Crippen molar-refractivity contribution in [2.75, 3.05) is 37.6 Å². The van der Waals surface area contributed by atoms with Gasteiger partial charge < -0.3 is 9.32 Å². The molecule has 1 unspecified atom stereocenters. The first kappa shape index (κ1) is 19.2. The smallest absolute Gasteiger partial charge is 0.250 e. The molecule has 3 aromatic rings. The number of thiophene rings is 1. The van der Waals surface area contributed by atoms with Crippen LogP contribution in [0.5, 0.6) is 0 Å². The van der Waals surface area contributed by atoms with Crippen molar-refractivity contribution in [2.24, 2.45) is 0 Å². The van der Waals surface area contributed by atoms with E-state index in [9.17, 15) is 8.42 Å². The van der Waals surface area contributed by atoms with Crippen LogP contribution in [-0.2, 0) is 10.0 Å². The van der Waals surface area contributed by atoms with Gasteiger partial charge in [-0.25, -0.2) is 13.1 Å². The summed E-state index contributed by atoms with van der Waals surface area (Å²) in [6.45, 7) is 3.72. The van der Waals surface area contributed by atoms with Gasteiger partial charge in [0.15, 0.2) is 0 Å². The molecule has 0 radical (unpaired) electrons. The molecular weight excluding hydrogens is 394 g/mol. The first-order chi connectivity index (χ1) is 13.6. The zero-order valence-electron chi connectivity index (χ0n) is 15.4. The second-order valence-electron chi connectivity index (χ2n) is 6.67. The van der Waals surface area contributed by atoms with E-state index in [1.165, 1.54) is 17.0 Å². The Morgan fingerprint density at radius 3 is 2.43 bits per heavy atom. The number of sulfonamides is 1. The lowest BCUT2D eigenvalue weighted by Gasteiger charge is -2.39. The fourth-order valence-corrected chi connectivity index (χ4v) is 5.57. The van der Waals surface area contributed by atoms with Crippen LogP contribution < -0.4 is 9.62 Å². The van der Waals surface area contributed by atoms with Gasteiger partial charge in [-0.05, 0) is 35.7 Å². The van der Waals surface area contributed by atoms with Crippen molar-refractivity contribution < 1.29 is 12.8 Å². The molecule has 6 nitrogen and oxygen atoms in total. The number of piperazine rings is 1. The summed E-state index contributed by atoms with van der Waals surface area (Å²) in [6.07, 6.45) is 1.64. The lowest BCUT2D eigenvalue weighted by atomic mass is 10.1. The Labute approximate surface area is 169 Å².